The van der Waals surface area contributed by atoms with Gasteiger partial charge in [-0.1, -0.05) is 75.8 Å². The van der Waals surface area contributed by atoms with Crippen molar-refractivity contribution in [3.63, 3.8) is 0 Å². The standard InChI is InChI=1S/C28H21BrN2O2S/c1-33-21-13-6-17(7-14-21)16-24-27(32)31-26(19-8-11-20(29)12-9-19)23-15-10-18-4-2-3-5-22(18)25(23)30-28(31)34-24/h2-9,11-14,16,26H,10,15H2,1H3/b24-16-/t26-/m0/s1. The molecule has 1 aliphatic carbocycles. The Labute approximate surface area is 209 Å². The number of nitrogens with zero attached hydrogens (tertiary/aromatic N) is 2. The zero-order valence-corrected chi connectivity index (χ0v) is 20.9. The molecule has 1 aliphatic heterocycles. The molecule has 2 heterocycles. The van der Waals surface area contributed by atoms with Crippen molar-refractivity contribution in [2.24, 2.45) is 4.99 Å². The molecule has 0 spiro atoms. The average Bonchev–Trinajstić information content (AvgIpc) is 3.18. The maximum Gasteiger partial charge on any atom is 0.271 e. The molecule has 34 heavy (non-hydrogen) atoms. The van der Waals surface area contributed by atoms with Gasteiger partial charge in [0.1, 0.15) is 5.75 Å². The number of benzene rings is 3. The first kappa shape index (κ1) is 21.3. The lowest BCUT2D eigenvalue weighted by atomic mass is 9.83. The van der Waals surface area contributed by atoms with Crippen LogP contribution in [0.5, 0.6) is 5.75 Å². The van der Waals surface area contributed by atoms with Crippen LogP contribution in [0, 0.1) is 0 Å². The van der Waals surface area contributed by atoms with Gasteiger partial charge in [0.15, 0.2) is 4.80 Å². The summed E-state index contributed by atoms with van der Waals surface area (Å²) >= 11 is 5.00. The Morgan fingerprint density at radius 1 is 1.03 bits per heavy atom. The number of aromatic nitrogens is 1. The van der Waals surface area contributed by atoms with E-state index in [0.717, 1.165) is 44.7 Å². The molecule has 6 heteroatoms. The monoisotopic (exact) mass is 528 g/mol. The predicted octanol–water partition coefficient (Wildman–Crippen LogP) is 5.09. The average molecular weight is 529 g/mol. The van der Waals surface area contributed by atoms with Crippen molar-refractivity contribution >= 4 is 39.0 Å². The predicted molar refractivity (Wildman–Crippen MR) is 140 cm³/mol. The van der Waals surface area contributed by atoms with Crippen LogP contribution in [0.2, 0.25) is 0 Å². The Kier molecular flexibility index (Phi) is 5.35. The van der Waals surface area contributed by atoms with Crippen molar-refractivity contribution in [1.82, 2.24) is 4.57 Å². The van der Waals surface area contributed by atoms with Gasteiger partial charge >= 0.3 is 0 Å². The van der Waals surface area contributed by atoms with Crippen molar-refractivity contribution in [3.8, 4) is 5.75 Å². The molecule has 3 aromatic carbocycles. The highest BCUT2D eigenvalue weighted by Crippen LogP contribution is 2.41. The van der Waals surface area contributed by atoms with Crippen LogP contribution in [0.4, 0.5) is 0 Å². The van der Waals surface area contributed by atoms with Crippen LogP contribution in [0.25, 0.3) is 11.8 Å². The first-order valence-corrected chi connectivity index (χ1v) is 12.8. The van der Waals surface area contributed by atoms with Gasteiger partial charge in [-0.15, -0.1) is 0 Å². The molecule has 0 bridgehead atoms. The molecule has 0 fully saturated rings. The second kappa shape index (κ2) is 8.53. The summed E-state index contributed by atoms with van der Waals surface area (Å²) in [5.74, 6) is 0.792. The van der Waals surface area contributed by atoms with Crippen LogP contribution < -0.4 is 19.6 Å². The Balaban J connectivity index is 1.59. The molecule has 2 aliphatic rings. The highest BCUT2D eigenvalue weighted by molar-refractivity contribution is 9.10. The van der Waals surface area contributed by atoms with Gasteiger partial charge in [0.2, 0.25) is 0 Å². The third-order valence-corrected chi connectivity index (χ3v) is 7.98. The summed E-state index contributed by atoms with van der Waals surface area (Å²) in [5, 5.41) is 0. The summed E-state index contributed by atoms with van der Waals surface area (Å²) in [6.07, 6.45) is 3.78. The van der Waals surface area contributed by atoms with E-state index in [1.165, 1.54) is 28.0 Å². The molecule has 168 valence electrons. The summed E-state index contributed by atoms with van der Waals surface area (Å²) in [5.41, 5.74) is 6.78. The van der Waals surface area contributed by atoms with Gasteiger partial charge in [0, 0.05) is 10.0 Å². The van der Waals surface area contributed by atoms with Crippen molar-refractivity contribution < 1.29 is 4.74 Å². The fourth-order valence-electron chi connectivity index (χ4n) is 4.82. The second-order valence-electron chi connectivity index (χ2n) is 8.44. The molecule has 0 N–H and O–H groups in total. The van der Waals surface area contributed by atoms with Crippen LogP contribution in [0.3, 0.4) is 0 Å². The largest absolute Gasteiger partial charge is 0.497 e. The van der Waals surface area contributed by atoms with Crippen LogP contribution in [-0.2, 0) is 6.42 Å². The summed E-state index contributed by atoms with van der Waals surface area (Å²) in [4.78, 5) is 19.5. The van der Waals surface area contributed by atoms with Crippen LogP contribution >= 0.6 is 27.3 Å². The summed E-state index contributed by atoms with van der Waals surface area (Å²) in [6.45, 7) is 0. The number of aryl methyl sites for hydroxylation is 1. The minimum Gasteiger partial charge on any atom is -0.497 e. The van der Waals surface area contributed by atoms with E-state index in [0.29, 0.717) is 4.53 Å². The van der Waals surface area contributed by atoms with Gasteiger partial charge < -0.3 is 4.74 Å². The lowest BCUT2D eigenvalue weighted by Gasteiger charge is -2.30. The number of hydrogen-bond acceptors (Lipinski definition) is 4. The first-order valence-electron chi connectivity index (χ1n) is 11.1. The molecule has 1 atom stereocenters. The van der Waals surface area contributed by atoms with Gasteiger partial charge in [-0.2, -0.15) is 0 Å². The van der Waals surface area contributed by atoms with E-state index in [1.54, 1.807) is 7.11 Å². The normalized spacial score (nSPS) is 17.0. The van der Waals surface area contributed by atoms with Crippen molar-refractivity contribution in [2.45, 2.75) is 18.9 Å². The number of methoxy groups -OCH3 is 1. The van der Waals surface area contributed by atoms with Crippen LogP contribution in [0.1, 0.15) is 34.7 Å². The highest BCUT2D eigenvalue weighted by atomic mass is 79.9. The number of thiazole rings is 1. The van der Waals surface area contributed by atoms with E-state index < -0.39 is 0 Å². The Morgan fingerprint density at radius 3 is 2.56 bits per heavy atom. The van der Waals surface area contributed by atoms with E-state index in [1.807, 2.05) is 47.0 Å². The molecule has 0 amide bonds. The van der Waals surface area contributed by atoms with Gasteiger partial charge in [-0.25, -0.2) is 4.99 Å². The molecule has 6 rings (SSSR count). The Hall–Kier alpha value is -3.22. The fraction of sp³-hybridized carbons (Fsp3) is 0.143. The minimum atomic E-state index is -0.161. The first-order chi connectivity index (χ1) is 16.6. The number of ether oxygens (including phenoxy) is 1. The molecule has 4 nitrogen and oxygen atoms in total. The Morgan fingerprint density at radius 2 is 1.79 bits per heavy atom. The molecule has 0 saturated carbocycles. The number of allylic oxidation sites excluding steroid dienone is 1. The Bertz CT molecular complexity index is 1610. The molecular weight excluding hydrogens is 508 g/mol. The second-order valence-corrected chi connectivity index (χ2v) is 10.4. The van der Waals surface area contributed by atoms with Crippen LogP contribution in [0.15, 0.2) is 92.6 Å². The molecular formula is C28H21BrN2O2S. The molecule has 1 aromatic heterocycles. The van der Waals surface area contributed by atoms with E-state index >= 15 is 0 Å². The number of rotatable bonds is 3. The van der Waals surface area contributed by atoms with E-state index in [2.05, 4.69) is 52.3 Å². The lowest BCUT2D eigenvalue weighted by molar-refractivity contribution is 0.415. The summed E-state index contributed by atoms with van der Waals surface area (Å²) in [6, 6.07) is 24.4. The van der Waals surface area contributed by atoms with Gasteiger partial charge in [-0.05, 0) is 65.4 Å². The molecule has 0 saturated heterocycles. The zero-order chi connectivity index (χ0) is 23.2. The number of hydrogen-bond donors (Lipinski definition) is 0. The minimum absolute atomic E-state index is 0.00195. The topological polar surface area (TPSA) is 43.6 Å². The maximum absolute atomic E-state index is 13.7. The third-order valence-electron chi connectivity index (χ3n) is 6.47. The summed E-state index contributed by atoms with van der Waals surface area (Å²) < 4.78 is 8.85. The van der Waals surface area contributed by atoms with E-state index in [9.17, 15) is 4.79 Å². The van der Waals surface area contributed by atoms with E-state index in [4.69, 9.17) is 9.73 Å². The molecule has 0 radical (unpaired) electrons. The van der Waals surface area contributed by atoms with E-state index in [-0.39, 0.29) is 11.6 Å². The van der Waals surface area contributed by atoms with Crippen LogP contribution in [-0.4, -0.2) is 11.7 Å². The van der Waals surface area contributed by atoms with Crippen molar-refractivity contribution in [2.75, 3.05) is 7.11 Å². The third kappa shape index (κ3) is 3.58. The summed E-state index contributed by atoms with van der Waals surface area (Å²) in [7, 11) is 1.65. The SMILES string of the molecule is COc1ccc(/C=c2\sc3n(c2=O)[C@@H](c2ccc(Br)cc2)C2=C(N=3)c3ccccc3CC2)cc1. The lowest BCUT2D eigenvalue weighted by Crippen LogP contribution is -2.38. The smallest absolute Gasteiger partial charge is 0.271 e. The zero-order valence-electron chi connectivity index (χ0n) is 18.5. The maximum atomic E-state index is 13.7. The number of halogens is 1. The quantitative estimate of drug-likeness (QED) is 0.371. The molecule has 0 unspecified atom stereocenters. The van der Waals surface area contributed by atoms with Gasteiger partial charge in [0.25, 0.3) is 5.56 Å². The molecule has 4 aromatic rings. The van der Waals surface area contributed by atoms with Gasteiger partial charge in [0.05, 0.1) is 23.4 Å². The van der Waals surface area contributed by atoms with Gasteiger partial charge in [-0.3, -0.25) is 9.36 Å². The highest BCUT2D eigenvalue weighted by Gasteiger charge is 2.32. The fourth-order valence-corrected chi connectivity index (χ4v) is 6.08. The van der Waals surface area contributed by atoms with Crippen molar-refractivity contribution in [3.05, 3.63) is 125 Å². The van der Waals surface area contributed by atoms with Crippen molar-refractivity contribution in [1.29, 1.82) is 0 Å². The number of fused-ring (bicyclic) bond motifs is 3.